The van der Waals surface area contributed by atoms with E-state index in [-0.39, 0.29) is 0 Å². The van der Waals surface area contributed by atoms with Gasteiger partial charge in [-0.1, -0.05) is 31.2 Å². The van der Waals surface area contributed by atoms with E-state index >= 15 is 0 Å². The first-order valence-electron chi connectivity index (χ1n) is 7.83. The van der Waals surface area contributed by atoms with Crippen LogP contribution >= 0.6 is 0 Å². The first-order chi connectivity index (χ1) is 9.67. The number of rotatable bonds is 6. The van der Waals surface area contributed by atoms with Crippen LogP contribution < -0.4 is 5.32 Å². The molecule has 0 aliphatic carbocycles. The Labute approximate surface area is 123 Å². The van der Waals surface area contributed by atoms with Crippen LogP contribution in [0.5, 0.6) is 0 Å². The summed E-state index contributed by atoms with van der Waals surface area (Å²) in [6.07, 6.45) is 1.80. The zero-order chi connectivity index (χ0) is 14.4. The minimum atomic E-state index is 0.346. The Morgan fingerprint density at radius 2 is 1.70 bits per heavy atom. The number of hydrogen-bond acceptors (Lipinski definition) is 3. The largest absolute Gasteiger partial charge is 0.373 e. The number of ether oxygens (including phenoxy) is 1. The summed E-state index contributed by atoms with van der Waals surface area (Å²) in [5.74, 6) is 0. The molecule has 0 spiro atoms. The molecule has 1 heterocycles. The molecule has 1 N–H and O–H groups in total. The van der Waals surface area contributed by atoms with Gasteiger partial charge in [-0.15, -0.1) is 0 Å². The average Bonchev–Trinajstić information content (AvgIpc) is 2.40. The molecule has 2 atom stereocenters. The van der Waals surface area contributed by atoms with Crippen molar-refractivity contribution in [3.8, 4) is 0 Å². The summed E-state index contributed by atoms with van der Waals surface area (Å²) in [7, 11) is 0. The Hall–Kier alpha value is -0.900. The van der Waals surface area contributed by atoms with Crippen molar-refractivity contribution in [1.82, 2.24) is 10.2 Å². The highest BCUT2D eigenvalue weighted by molar-refractivity contribution is 5.22. The molecular formula is C17H28N2O. The van der Waals surface area contributed by atoms with Crippen molar-refractivity contribution >= 4 is 0 Å². The van der Waals surface area contributed by atoms with Crippen LogP contribution in [0.15, 0.2) is 24.3 Å². The highest BCUT2D eigenvalue weighted by atomic mass is 16.5. The van der Waals surface area contributed by atoms with Crippen molar-refractivity contribution in [2.24, 2.45) is 0 Å². The van der Waals surface area contributed by atoms with Crippen LogP contribution in [0, 0.1) is 0 Å². The fourth-order valence-electron chi connectivity index (χ4n) is 2.89. The van der Waals surface area contributed by atoms with E-state index in [2.05, 4.69) is 55.3 Å². The fraction of sp³-hybridized carbons (Fsp3) is 0.647. The molecule has 1 aromatic carbocycles. The van der Waals surface area contributed by atoms with Crippen molar-refractivity contribution in [3.63, 3.8) is 0 Å². The molecule has 0 saturated carbocycles. The maximum absolute atomic E-state index is 5.78. The maximum atomic E-state index is 5.78. The predicted octanol–water partition coefficient (Wildman–Crippen LogP) is 2.45. The van der Waals surface area contributed by atoms with Gasteiger partial charge in [-0.2, -0.15) is 0 Å². The summed E-state index contributed by atoms with van der Waals surface area (Å²) in [6.45, 7) is 11.7. The number of likely N-dealkylation sites (N-methyl/N-ethyl adjacent to an activating group) is 1. The Balaban J connectivity index is 1.83. The summed E-state index contributed by atoms with van der Waals surface area (Å²) in [5, 5.41) is 3.36. The molecule has 0 amide bonds. The summed E-state index contributed by atoms with van der Waals surface area (Å²) in [6, 6.07) is 9.07. The minimum Gasteiger partial charge on any atom is -0.373 e. The van der Waals surface area contributed by atoms with Gasteiger partial charge in [-0.25, -0.2) is 0 Å². The topological polar surface area (TPSA) is 24.5 Å². The molecule has 20 heavy (non-hydrogen) atoms. The van der Waals surface area contributed by atoms with Gasteiger partial charge in [0.25, 0.3) is 0 Å². The van der Waals surface area contributed by atoms with Gasteiger partial charge in [0.1, 0.15) is 0 Å². The van der Waals surface area contributed by atoms with Crippen LogP contribution in [0.2, 0.25) is 0 Å². The summed E-state index contributed by atoms with van der Waals surface area (Å²) in [5.41, 5.74) is 2.82. The predicted molar refractivity (Wildman–Crippen MR) is 84.0 cm³/mol. The van der Waals surface area contributed by atoms with Gasteiger partial charge in [-0.05, 0) is 44.5 Å². The lowest BCUT2D eigenvalue weighted by atomic mass is 10.1. The third kappa shape index (κ3) is 4.89. The molecule has 1 aliphatic heterocycles. The molecule has 0 radical (unpaired) electrons. The van der Waals surface area contributed by atoms with Gasteiger partial charge >= 0.3 is 0 Å². The van der Waals surface area contributed by atoms with E-state index in [1.807, 2.05) is 0 Å². The second-order valence-corrected chi connectivity index (χ2v) is 5.87. The summed E-state index contributed by atoms with van der Waals surface area (Å²) in [4.78, 5) is 2.49. The Bertz CT molecular complexity index is 380. The summed E-state index contributed by atoms with van der Waals surface area (Å²) >= 11 is 0. The molecule has 0 bridgehead atoms. The smallest absolute Gasteiger partial charge is 0.0678 e. The van der Waals surface area contributed by atoms with E-state index < -0.39 is 0 Å². The van der Waals surface area contributed by atoms with Crippen LogP contribution in [-0.4, -0.2) is 43.3 Å². The second kappa shape index (κ2) is 7.77. The van der Waals surface area contributed by atoms with Crippen LogP contribution in [0.3, 0.4) is 0 Å². The Morgan fingerprint density at radius 3 is 2.30 bits per heavy atom. The minimum absolute atomic E-state index is 0.346. The number of hydrogen-bond donors (Lipinski definition) is 1. The molecule has 3 heteroatoms. The zero-order valence-electron chi connectivity index (χ0n) is 13.1. The monoisotopic (exact) mass is 276 g/mol. The van der Waals surface area contributed by atoms with E-state index in [1.165, 1.54) is 11.1 Å². The van der Waals surface area contributed by atoms with Gasteiger partial charge in [0.15, 0.2) is 0 Å². The van der Waals surface area contributed by atoms with E-state index in [1.54, 1.807) is 0 Å². The van der Waals surface area contributed by atoms with Gasteiger partial charge in [0.05, 0.1) is 12.2 Å². The third-order valence-corrected chi connectivity index (χ3v) is 3.76. The number of nitrogens with one attached hydrogen (secondary N) is 1. The number of nitrogens with zero attached hydrogens (tertiary/aromatic N) is 1. The maximum Gasteiger partial charge on any atom is 0.0678 e. The fourth-order valence-corrected chi connectivity index (χ4v) is 2.89. The van der Waals surface area contributed by atoms with Gasteiger partial charge in [0.2, 0.25) is 0 Å². The van der Waals surface area contributed by atoms with E-state index in [9.17, 15) is 0 Å². The second-order valence-electron chi connectivity index (χ2n) is 5.87. The molecule has 1 fully saturated rings. The van der Waals surface area contributed by atoms with Gasteiger partial charge in [-0.3, -0.25) is 4.90 Å². The molecule has 0 unspecified atom stereocenters. The van der Waals surface area contributed by atoms with E-state index in [4.69, 9.17) is 4.74 Å². The molecule has 0 aromatic heterocycles. The lowest BCUT2D eigenvalue weighted by Crippen LogP contribution is -2.44. The first kappa shape index (κ1) is 15.5. The quantitative estimate of drug-likeness (QED) is 0.808. The Morgan fingerprint density at radius 1 is 1.10 bits per heavy atom. The Kier molecular flexibility index (Phi) is 6.02. The lowest BCUT2D eigenvalue weighted by Gasteiger charge is -2.35. The normalized spacial score (nSPS) is 23.9. The van der Waals surface area contributed by atoms with Crippen molar-refractivity contribution in [1.29, 1.82) is 0 Å². The van der Waals surface area contributed by atoms with Crippen molar-refractivity contribution < 1.29 is 4.74 Å². The standard InChI is InChI=1S/C17H28N2O/c1-4-18-10-9-16-5-7-17(8-6-16)13-19-11-14(2)20-15(3)12-19/h5-8,14-15,18H,4,9-13H2,1-3H3/t14-,15+. The molecule has 112 valence electrons. The van der Waals surface area contributed by atoms with Crippen molar-refractivity contribution in [2.75, 3.05) is 26.2 Å². The van der Waals surface area contributed by atoms with Crippen molar-refractivity contribution in [3.05, 3.63) is 35.4 Å². The molecular weight excluding hydrogens is 248 g/mol. The van der Waals surface area contributed by atoms with Gasteiger partial charge in [0, 0.05) is 19.6 Å². The molecule has 3 nitrogen and oxygen atoms in total. The van der Waals surface area contributed by atoms with Crippen LogP contribution in [-0.2, 0) is 17.7 Å². The van der Waals surface area contributed by atoms with Crippen molar-refractivity contribution in [2.45, 2.75) is 45.9 Å². The number of morpholine rings is 1. The van der Waals surface area contributed by atoms with E-state index in [0.29, 0.717) is 12.2 Å². The SMILES string of the molecule is CCNCCc1ccc(CN2C[C@@H](C)O[C@@H](C)C2)cc1. The highest BCUT2D eigenvalue weighted by Crippen LogP contribution is 2.14. The van der Waals surface area contributed by atoms with Crippen LogP contribution in [0.4, 0.5) is 0 Å². The zero-order valence-corrected chi connectivity index (χ0v) is 13.1. The number of benzene rings is 1. The average molecular weight is 276 g/mol. The van der Waals surface area contributed by atoms with Crippen LogP contribution in [0.1, 0.15) is 31.9 Å². The van der Waals surface area contributed by atoms with E-state index in [0.717, 1.165) is 39.1 Å². The molecule has 1 aromatic rings. The first-order valence-corrected chi connectivity index (χ1v) is 7.83. The summed E-state index contributed by atoms with van der Waals surface area (Å²) < 4.78 is 5.78. The lowest BCUT2D eigenvalue weighted by molar-refractivity contribution is -0.0704. The molecule has 1 saturated heterocycles. The molecule has 2 rings (SSSR count). The highest BCUT2D eigenvalue weighted by Gasteiger charge is 2.21. The van der Waals surface area contributed by atoms with Gasteiger partial charge < -0.3 is 10.1 Å². The molecule has 1 aliphatic rings. The third-order valence-electron chi connectivity index (χ3n) is 3.76. The van der Waals surface area contributed by atoms with Crippen LogP contribution in [0.25, 0.3) is 0 Å².